The summed E-state index contributed by atoms with van der Waals surface area (Å²) in [5.74, 6) is -6.17. The average Bonchev–Trinajstić information content (AvgIpc) is 2.36. The zero-order valence-corrected chi connectivity index (χ0v) is 14.2. The van der Waals surface area contributed by atoms with Crippen molar-refractivity contribution in [3.05, 3.63) is 0 Å². The Bertz CT molecular complexity index is 446. The van der Waals surface area contributed by atoms with Crippen molar-refractivity contribution in [1.82, 2.24) is 0 Å². The number of aliphatic hydroxyl groups is 1. The molecule has 23 heavy (non-hydrogen) atoms. The van der Waals surface area contributed by atoms with Gasteiger partial charge in [0.2, 0.25) is 0 Å². The van der Waals surface area contributed by atoms with Crippen molar-refractivity contribution in [2.45, 2.75) is 65.4 Å². The quantitative estimate of drug-likeness (QED) is 0.456. The van der Waals surface area contributed by atoms with Crippen LogP contribution in [0.3, 0.4) is 0 Å². The van der Waals surface area contributed by atoms with Crippen LogP contribution in [-0.4, -0.2) is 43.9 Å². The highest BCUT2D eigenvalue weighted by Crippen LogP contribution is 2.44. The van der Waals surface area contributed by atoms with Crippen molar-refractivity contribution in [2.24, 2.45) is 17.3 Å². The Hall–Kier alpha value is -1.63. The van der Waals surface area contributed by atoms with E-state index in [0.29, 0.717) is 25.2 Å². The van der Waals surface area contributed by atoms with E-state index in [2.05, 4.69) is 0 Å². The van der Waals surface area contributed by atoms with E-state index in [0.717, 1.165) is 6.42 Å². The van der Waals surface area contributed by atoms with Gasteiger partial charge in [-0.05, 0) is 24.2 Å². The van der Waals surface area contributed by atoms with Crippen LogP contribution in [0.5, 0.6) is 0 Å². The molecule has 0 spiro atoms. The lowest BCUT2D eigenvalue weighted by molar-refractivity contribution is -0.188. The molecule has 0 aliphatic carbocycles. The standard InChI is InChI=1S/C16H28O7/c1-5-15(4,8-6-7-10(2)3)12(13(19)20)16(23,14(21)22)9-11(17)18/h10,12,23H,5-9H2,1-4H3,(H,17,18)(H,19,20)(H,21,22). The lowest BCUT2D eigenvalue weighted by atomic mass is 9.63. The van der Waals surface area contributed by atoms with Crippen molar-refractivity contribution in [1.29, 1.82) is 0 Å². The first kappa shape index (κ1) is 21.4. The summed E-state index contributed by atoms with van der Waals surface area (Å²) in [6.07, 6.45) is 1.07. The molecule has 134 valence electrons. The van der Waals surface area contributed by atoms with Gasteiger partial charge < -0.3 is 20.4 Å². The number of carboxylic acid groups (broad SMARTS) is 3. The second-order valence-corrected chi connectivity index (χ2v) is 6.86. The second-order valence-electron chi connectivity index (χ2n) is 6.86. The summed E-state index contributed by atoms with van der Waals surface area (Å²) in [4.78, 5) is 34.1. The van der Waals surface area contributed by atoms with E-state index < -0.39 is 41.3 Å². The number of carboxylic acids is 3. The van der Waals surface area contributed by atoms with Crippen LogP contribution in [0.25, 0.3) is 0 Å². The molecular weight excluding hydrogens is 304 g/mol. The number of hydrogen-bond acceptors (Lipinski definition) is 4. The number of carbonyl (C=O) groups is 3. The van der Waals surface area contributed by atoms with Crippen LogP contribution in [-0.2, 0) is 14.4 Å². The minimum absolute atomic E-state index is 0.317. The third-order valence-electron chi connectivity index (χ3n) is 4.55. The van der Waals surface area contributed by atoms with Gasteiger partial charge in [-0.1, -0.05) is 40.5 Å². The van der Waals surface area contributed by atoms with Crippen LogP contribution in [0, 0.1) is 17.3 Å². The minimum atomic E-state index is -2.85. The summed E-state index contributed by atoms with van der Waals surface area (Å²) >= 11 is 0. The van der Waals surface area contributed by atoms with Crippen LogP contribution >= 0.6 is 0 Å². The molecule has 0 aliphatic rings. The maximum absolute atomic E-state index is 11.7. The van der Waals surface area contributed by atoms with Crippen LogP contribution in [0.2, 0.25) is 0 Å². The van der Waals surface area contributed by atoms with Crippen LogP contribution in [0.4, 0.5) is 0 Å². The van der Waals surface area contributed by atoms with Crippen molar-refractivity contribution >= 4 is 17.9 Å². The van der Waals surface area contributed by atoms with Gasteiger partial charge in [-0.15, -0.1) is 0 Å². The second kappa shape index (κ2) is 8.29. The molecule has 4 N–H and O–H groups in total. The molecule has 0 aromatic carbocycles. The Morgan fingerprint density at radius 2 is 1.61 bits per heavy atom. The van der Waals surface area contributed by atoms with Crippen molar-refractivity contribution < 1.29 is 34.8 Å². The van der Waals surface area contributed by atoms with Gasteiger partial charge >= 0.3 is 17.9 Å². The average molecular weight is 332 g/mol. The summed E-state index contributed by atoms with van der Waals surface area (Å²) in [6.45, 7) is 7.36. The third-order valence-corrected chi connectivity index (χ3v) is 4.55. The topological polar surface area (TPSA) is 132 Å². The number of aliphatic carboxylic acids is 3. The van der Waals surface area contributed by atoms with Gasteiger partial charge in [0.25, 0.3) is 0 Å². The summed E-state index contributed by atoms with van der Waals surface area (Å²) in [7, 11) is 0. The molecule has 0 fully saturated rings. The molecular formula is C16H28O7. The molecule has 0 saturated heterocycles. The molecule has 7 nitrogen and oxygen atoms in total. The van der Waals surface area contributed by atoms with E-state index in [1.165, 1.54) is 0 Å². The van der Waals surface area contributed by atoms with Gasteiger partial charge in [-0.3, -0.25) is 9.59 Å². The Kier molecular flexibility index (Phi) is 7.70. The van der Waals surface area contributed by atoms with E-state index in [9.17, 15) is 29.7 Å². The Labute approximate surface area is 136 Å². The monoisotopic (exact) mass is 332 g/mol. The van der Waals surface area contributed by atoms with Gasteiger partial charge in [-0.2, -0.15) is 0 Å². The first-order valence-corrected chi connectivity index (χ1v) is 7.81. The summed E-state index contributed by atoms with van der Waals surface area (Å²) < 4.78 is 0. The Balaban J connectivity index is 5.73. The van der Waals surface area contributed by atoms with Gasteiger partial charge in [0.05, 0.1) is 6.42 Å². The number of rotatable bonds is 11. The van der Waals surface area contributed by atoms with E-state index >= 15 is 0 Å². The molecule has 0 aromatic heterocycles. The predicted molar refractivity (Wildman–Crippen MR) is 83.1 cm³/mol. The van der Waals surface area contributed by atoms with E-state index in [4.69, 9.17) is 5.11 Å². The summed E-state index contributed by atoms with van der Waals surface area (Å²) in [6, 6.07) is 0. The van der Waals surface area contributed by atoms with Crippen LogP contribution < -0.4 is 0 Å². The molecule has 0 aromatic rings. The highest BCUT2D eigenvalue weighted by atomic mass is 16.4. The predicted octanol–water partition coefficient (Wildman–Crippen LogP) is 2.22. The van der Waals surface area contributed by atoms with E-state index in [1.54, 1.807) is 13.8 Å². The molecule has 0 aliphatic heterocycles. The minimum Gasteiger partial charge on any atom is -0.481 e. The maximum atomic E-state index is 11.7. The van der Waals surface area contributed by atoms with Crippen LogP contribution in [0.1, 0.15) is 59.8 Å². The molecule has 7 heteroatoms. The Morgan fingerprint density at radius 3 is 1.91 bits per heavy atom. The molecule has 3 atom stereocenters. The molecule has 0 amide bonds. The fourth-order valence-corrected chi connectivity index (χ4v) is 3.05. The normalized spacial score (nSPS) is 18.0. The van der Waals surface area contributed by atoms with E-state index in [1.807, 2.05) is 13.8 Å². The molecule has 3 unspecified atom stereocenters. The summed E-state index contributed by atoms with van der Waals surface area (Å²) in [5.41, 5.74) is -3.87. The SMILES string of the molecule is CCC(C)(CCCC(C)C)C(C(=O)O)C(O)(CC(=O)O)C(=O)O. The Morgan fingerprint density at radius 1 is 1.09 bits per heavy atom. The molecule has 0 radical (unpaired) electrons. The zero-order valence-electron chi connectivity index (χ0n) is 14.2. The van der Waals surface area contributed by atoms with Gasteiger partial charge in [0.1, 0.15) is 5.92 Å². The first-order valence-electron chi connectivity index (χ1n) is 7.81. The number of hydrogen-bond donors (Lipinski definition) is 4. The molecule has 0 heterocycles. The molecule has 0 bridgehead atoms. The lowest BCUT2D eigenvalue weighted by Gasteiger charge is -2.41. The van der Waals surface area contributed by atoms with Crippen molar-refractivity contribution in [3.8, 4) is 0 Å². The molecule has 0 saturated carbocycles. The smallest absolute Gasteiger partial charge is 0.337 e. The van der Waals surface area contributed by atoms with Crippen molar-refractivity contribution in [3.63, 3.8) is 0 Å². The van der Waals surface area contributed by atoms with Gasteiger partial charge in [0.15, 0.2) is 5.60 Å². The fourth-order valence-electron chi connectivity index (χ4n) is 3.05. The highest BCUT2D eigenvalue weighted by molar-refractivity contribution is 5.90. The highest BCUT2D eigenvalue weighted by Gasteiger charge is 2.57. The summed E-state index contributed by atoms with van der Waals surface area (Å²) in [5, 5.41) is 38.1. The lowest BCUT2D eigenvalue weighted by Crippen LogP contribution is -2.56. The largest absolute Gasteiger partial charge is 0.481 e. The zero-order chi connectivity index (χ0) is 18.4. The maximum Gasteiger partial charge on any atom is 0.337 e. The fraction of sp³-hybridized carbons (Fsp3) is 0.812. The van der Waals surface area contributed by atoms with Gasteiger partial charge in [0, 0.05) is 0 Å². The first-order chi connectivity index (χ1) is 10.4. The van der Waals surface area contributed by atoms with Crippen molar-refractivity contribution in [2.75, 3.05) is 0 Å². The van der Waals surface area contributed by atoms with Gasteiger partial charge in [-0.25, -0.2) is 4.79 Å². The van der Waals surface area contributed by atoms with E-state index in [-0.39, 0.29) is 0 Å². The van der Waals surface area contributed by atoms with Crippen LogP contribution in [0.15, 0.2) is 0 Å². The molecule has 0 rings (SSSR count). The third kappa shape index (κ3) is 5.49.